The van der Waals surface area contributed by atoms with E-state index in [1.807, 2.05) is 24.3 Å². The van der Waals surface area contributed by atoms with Crippen molar-refractivity contribution < 1.29 is 4.74 Å². The standard InChI is InChI=1S/C16H18N4O/c17-11-14-12(5-6-20-7-9-21-10-8-20)13-3-1-2-4-15(13)19-16(14)18/h1-4H,5-10H2,(H2,18,19). The summed E-state index contributed by atoms with van der Waals surface area (Å²) in [5.74, 6) is 0.327. The highest BCUT2D eigenvalue weighted by Crippen LogP contribution is 2.25. The second kappa shape index (κ2) is 6.08. The van der Waals surface area contributed by atoms with Gasteiger partial charge >= 0.3 is 0 Å². The third kappa shape index (κ3) is 2.82. The van der Waals surface area contributed by atoms with E-state index in [2.05, 4.69) is 16.0 Å². The number of fused-ring (bicyclic) bond motifs is 1. The first-order valence-corrected chi connectivity index (χ1v) is 7.17. The summed E-state index contributed by atoms with van der Waals surface area (Å²) in [5.41, 5.74) is 8.31. The molecule has 0 aliphatic carbocycles. The van der Waals surface area contributed by atoms with Crippen molar-refractivity contribution >= 4 is 16.7 Å². The van der Waals surface area contributed by atoms with Crippen LogP contribution in [0.4, 0.5) is 5.82 Å². The number of pyridine rings is 1. The number of ether oxygens (including phenoxy) is 1. The van der Waals surface area contributed by atoms with Crippen molar-refractivity contribution in [1.29, 1.82) is 5.26 Å². The number of anilines is 1. The molecule has 5 heteroatoms. The second-order valence-corrected chi connectivity index (χ2v) is 5.18. The molecule has 2 heterocycles. The molecular formula is C16H18N4O. The van der Waals surface area contributed by atoms with Crippen LogP contribution in [0.25, 0.3) is 10.9 Å². The molecule has 5 nitrogen and oxygen atoms in total. The Hall–Kier alpha value is -2.16. The number of hydrogen-bond acceptors (Lipinski definition) is 5. The summed E-state index contributed by atoms with van der Waals surface area (Å²) in [6.45, 7) is 4.36. The van der Waals surface area contributed by atoms with Gasteiger partial charge < -0.3 is 10.5 Å². The Morgan fingerprint density at radius 1 is 1.29 bits per heavy atom. The van der Waals surface area contributed by atoms with Crippen LogP contribution in [0.15, 0.2) is 24.3 Å². The quantitative estimate of drug-likeness (QED) is 0.924. The third-order valence-electron chi connectivity index (χ3n) is 3.92. The predicted molar refractivity (Wildman–Crippen MR) is 81.8 cm³/mol. The monoisotopic (exact) mass is 282 g/mol. The lowest BCUT2D eigenvalue weighted by Gasteiger charge is -2.26. The van der Waals surface area contributed by atoms with E-state index in [-0.39, 0.29) is 0 Å². The lowest BCUT2D eigenvalue weighted by Crippen LogP contribution is -2.37. The molecule has 1 fully saturated rings. The third-order valence-corrected chi connectivity index (χ3v) is 3.92. The summed E-state index contributed by atoms with van der Waals surface area (Å²) in [7, 11) is 0. The Morgan fingerprint density at radius 2 is 2.05 bits per heavy atom. The van der Waals surface area contributed by atoms with Crippen LogP contribution in [0, 0.1) is 11.3 Å². The van der Waals surface area contributed by atoms with Gasteiger partial charge in [-0.1, -0.05) is 18.2 Å². The average molecular weight is 282 g/mol. The first-order chi connectivity index (χ1) is 10.3. The van der Waals surface area contributed by atoms with Crippen LogP contribution >= 0.6 is 0 Å². The van der Waals surface area contributed by atoms with Gasteiger partial charge in [-0.2, -0.15) is 5.26 Å². The smallest absolute Gasteiger partial charge is 0.142 e. The lowest BCUT2D eigenvalue weighted by molar-refractivity contribution is 0.0385. The van der Waals surface area contributed by atoms with E-state index in [9.17, 15) is 5.26 Å². The SMILES string of the molecule is N#Cc1c(N)nc2ccccc2c1CCN1CCOCC1. The number of aromatic nitrogens is 1. The van der Waals surface area contributed by atoms with Gasteiger partial charge in [-0.05, 0) is 18.1 Å². The normalized spacial score (nSPS) is 16.0. The Bertz CT molecular complexity index is 686. The number of nitrogens with zero attached hydrogens (tertiary/aromatic N) is 3. The first-order valence-electron chi connectivity index (χ1n) is 7.17. The number of para-hydroxylation sites is 1. The van der Waals surface area contributed by atoms with Crippen LogP contribution in [0.2, 0.25) is 0 Å². The summed E-state index contributed by atoms with van der Waals surface area (Å²) in [5, 5.41) is 10.4. The number of nitrogens with two attached hydrogens (primary N) is 1. The highest BCUT2D eigenvalue weighted by molar-refractivity contribution is 5.86. The summed E-state index contributed by atoms with van der Waals surface area (Å²) in [6.07, 6.45) is 0.802. The summed E-state index contributed by atoms with van der Waals surface area (Å²) >= 11 is 0. The maximum atomic E-state index is 9.39. The molecule has 0 atom stereocenters. The number of nitrogen functional groups attached to an aromatic ring is 1. The molecule has 0 spiro atoms. The Balaban J connectivity index is 1.93. The van der Waals surface area contributed by atoms with E-state index in [1.54, 1.807) is 0 Å². The van der Waals surface area contributed by atoms with Crippen LogP contribution in [0.5, 0.6) is 0 Å². The molecular weight excluding hydrogens is 264 g/mol. The highest BCUT2D eigenvalue weighted by Gasteiger charge is 2.15. The van der Waals surface area contributed by atoms with E-state index in [1.165, 1.54) is 0 Å². The maximum absolute atomic E-state index is 9.39. The molecule has 108 valence electrons. The maximum Gasteiger partial charge on any atom is 0.142 e. The van der Waals surface area contributed by atoms with Gasteiger partial charge in [0.2, 0.25) is 0 Å². The van der Waals surface area contributed by atoms with Crippen molar-refractivity contribution in [2.24, 2.45) is 0 Å². The van der Waals surface area contributed by atoms with Gasteiger partial charge in [0, 0.05) is 25.0 Å². The average Bonchev–Trinajstić information content (AvgIpc) is 2.53. The van der Waals surface area contributed by atoms with Gasteiger partial charge in [0.25, 0.3) is 0 Å². The van der Waals surface area contributed by atoms with Gasteiger partial charge in [-0.15, -0.1) is 0 Å². The first kappa shape index (κ1) is 13.8. The minimum absolute atomic E-state index is 0.327. The fraction of sp³-hybridized carbons (Fsp3) is 0.375. The molecule has 1 saturated heterocycles. The number of benzene rings is 1. The van der Waals surface area contributed by atoms with Crippen molar-refractivity contribution in [3.8, 4) is 6.07 Å². The minimum atomic E-state index is 0.327. The van der Waals surface area contributed by atoms with Crippen LogP contribution in [-0.4, -0.2) is 42.7 Å². The predicted octanol–water partition coefficient (Wildman–Crippen LogP) is 1.56. The number of rotatable bonds is 3. The molecule has 21 heavy (non-hydrogen) atoms. The molecule has 1 aliphatic rings. The molecule has 1 aromatic carbocycles. The van der Waals surface area contributed by atoms with Gasteiger partial charge in [0.05, 0.1) is 24.3 Å². The fourth-order valence-corrected chi connectivity index (χ4v) is 2.78. The number of morpholine rings is 1. The van der Waals surface area contributed by atoms with Crippen molar-refractivity contribution in [1.82, 2.24) is 9.88 Å². The van der Waals surface area contributed by atoms with E-state index >= 15 is 0 Å². The molecule has 1 aliphatic heterocycles. The van der Waals surface area contributed by atoms with Crippen LogP contribution < -0.4 is 5.73 Å². The molecule has 0 bridgehead atoms. The molecule has 0 radical (unpaired) electrons. The van der Waals surface area contributed by atoms with E-state index in [0.29, 0.717) is 11.4 Å². The number of hydrogen-bond donors (Lipinski definition) is 1. The Morgan fingerprint density at radius 3 is 2.81 bits per heavy atom. The largest absolute Gasteiger partial charge is 0.383 e. The molecule has 0 amide bonds. The lowest BCUT2D eigenvalue weighted by atomic mass is 10.00. The van der Waals surface area contributed by atoms with Crippen LogP contribution in [-0.2, 0) is 11.2 Å². The topological polar surface area (TPSA) is 75.2 Å². The zero-order chi connectivity index (χ0) is 14.7. The fourth-order valence-electron chi connectivity index (χ4n) is 2.78. The molecule has 1 aromatic heterocycles. The van der Waals surface area contributed by atoms with Gasteiger partial charge in [0.15, 0.2) is 0 Å². The molecule has 0 saturated carbocycles. The molecule has 0 unspecified atom stereocenters. The van der Waals surface area contributed by atoms with E-state index in [4.69, 9.17) is 10.5 Å². The van der Waals surface area contributed by atoms with E-state index < -0.39 is 0 Å². The van der Waals surface area contributed by atoms with Crippen LogP contribution in [0.1, 0.15) is 11.1 Å². The van der Waals surface area contributed by atoms with Crippen LogP contribution in [0.3, 0.4) is 0 Å². The van der Waals surface area contributed by atoms with E-state index in [0.717, 1.165) is 55.7 Å². The highest BCUT2D eigenvalue weighted by atomic mass is 16.5. The summed E-state index contributed by atoms with van der Waals surface area (Å²) < 4.78 is 5.36. The van der Waals surface area contributed by atoms with Crippen molar-refractivity contribution in [2.75, 3.05) is 38.6 Å². The zero-order valence-corrected chi connectivity index (χ0v) is 11.9. The van der Waals surface area contributed by atoms with Crippen molar-refractivity contribution in [3.05, 3.63) is 35.4 Å². The van der Waals surface area contributed by atoms with Gasteiger partial charge in [-0.3, -0.25) is 4.90 Å². The molecule has 2 N–H and O–H groups in total. The minimum Gasteiger partial charge on any atom is -0.383 e. The Kier molecular flexibility index (Phi) is 4.00. The summed E-state index contributed by atoms with van der Waals surface area (Å²) in [4.78, 5) is 6.68. The van der Waals surface area contributed by atoms with Crippen molar-refractivity contribution in [3.63, 3.8) is 0 Å². The summed E-state index contributed by atoms with van der Waals surface area (Å²) in [6, 6.07) is 10.1. The van der Waals surface area contributed by atoms with Gasteiger partial charge in [-0.25, -0.2) is 4.98 Å². The zero-order valence-electron chi connectivity index (χ0n) is 11.9. The van der Waals surface area contributed by atoms with Crippen molar-refractivity contribution in [2.45, 2.75) is 6.42 Å². The van der Waals surface area contributed by atoms with Gasteiger partial charge in [0.1, 0.15) is 11.9 Å². The number of nitriles is 1. The molecule has 2 aromatic rings. The molecule has 3 rings (SSSR count). The second-order valence-electron chi connectivity index (χ2n) is 5.18. The Labute approximate surface area is 123 Å².